The zero-order chi connectivity index (χ0) is 24.4. The molecular formula is C26H28N6O3. The monoisotopic (exact) mass is 472 g/mol. The highest BCUT2D eigenvalue weighted by atomic mass is 16.3. The zero-order valence-corrected chi connectivity index (χ0v) is 19.5. The fraction of sp³-hybridized carbons (Fsp3) is 0.346. The number of nitrogens with zero attached hydrogens (tertiary/aromatic N) is 5. The van der Waals surface area contributed by atoms with Crippen LogP contribution in [-0.4, -0.2) is 48.1 Å². The van der Waals surface area contributed by atoms with Gasteiger partial charge in [-0.1, -0.05) is 12.2 Å². The van der Waals surface area contributed by atoms with E-state index < -0.39 is 6.04 Å². The summed E-state index contributed by atoms with van der Waals surface area (Å²) in [5.41, 5.74) is 3.26. The molecule has 0 unspecified atom stereocenters. The number of aliphatic hydroxyl groups is 1. The highest BCUT2D eigenvalue weighted by molar-refractivity contribution is 5.82. The second kappa shape index (κ2) is 9.89. The smallest absolute Gasteiger partial charge is 0.258 e. The van der Waals surface area contributed by atoms with Crippen LogP contribution in [0.2, 0.25) is 0 Å². The summed E-state index contributed by atoms with van der Waals surface area (Å²) in [5, 5.41) is 13.5. The molecule has 0 bridgehead atoms. The molecule has 5 heterocycles. The Morgan fingerprint density at radius 1 is 1.14 bits per heavy atom. The molecule has 35 heavy (non-hydrogen) atoms. The SMILES string of the molecule is C/C=C\c1ccc2n(c1=O)C[C@@H]1[C@@H](CO)[C@H](C(=O)NCc3ccncc3)N(Cc3cncnc3)[C@H]21. The van der Waals surface area contributed by atoms with Crippen LogP contribution in [0.15, 0.2) is 66.3 Å². The Bertz CT molecular complexity index is 1280. The molecular weight excluding hydrogens is 444 g/mol. The third-order valence-corrected chi connectivity index (χ3v) is 7.03. The van der Waals surface area contributed by atoms with E-state index in [1.54, 1.807) is 29.4 Å². The van der Waals surface area contributed by atoms with Crippen LogP contribution in [0, 0.1) is 11.8 Å². The van der Waals surface area contributed by atoms with Crippen LogP contribution in [0.3, 0.4) is 0 Å². The van der Waals surface area contributed by atoms with Crippen molar-refractivity contribution >= 4 is 12.0 Å². The number of nitrogens with one attached hydrogen (secondary N) is 1. The highest BCUT2D eigenvalue weighted by Crippen LogP contribution is 2.49. The van der Waals surface area contributed by atoms with Crippen LogP contribution in [0.25, 0.3) is 6.08 Å². The number of carbonyl (C=O) groups is 1. The number of amides is 1. The summed E-state index contributed by atoms with van der Waals surface area (Å²) in [6.07, 6.45) is 12.0. The fourth-order valence-corrected chi connectivity index (χ4v) is 5.52. The lowest BCUT2D eigenvalue weighted by molar-refractivity contribution is -0.128. The molecule has 1 amide bonds. The van der Waals surface area contributed by atoms with Gasteiger partial charge >= 0.3 is 0 Å². The van der Waals surface area contributed by atoms with Gasteiger partial charge in [0.2, 0.25) is 5.91 Å². The topological polar surface area (TPSA) is 113 Å². The number of likely N-dealkylation sites (tertiary alicyclic amines) is 1. The number of allylic oxidation sites excluding steroid dienone is 1. The van der Waals surface area contributed by atoms with Crippen molar-refractivity contribution in [1.29, 1.82) is 0 Å². The number of fused-ring (bicyclic) bond motifs is 3. The predicted molar refractivity (Wildman–Crippen MR) is 130 cm³/mol. The predicted octanol–water partition coefficient (Wildman–Crippen LogP) is 1.55. The maximum atomic E-state index is 13.5. The summed E-state index contributed by atoms with van der Waals surface area (Å²) in [5.74, 6) is -0.548. The average Bonchev–Trinajstić information content (AvgIpc) is 3.41. The number of aliphatic hydroxyl groups excluding tert-OH is 1. The molecule has 3 aromatic rings. The van der Waals surface area contributed by atoms with E-state index in [-0.39, 0.29) is 36.0 Å². The summed E-state index contributed by atoms with van der Waals surface area (Å²) in [6.45, 7) is 2.99. The molecule has 0 saturated carbocycles. The van der Waals surface area contributed by atoms with Gasteiger partial charge in [-0.25, -0.2) is 9.97 Å². The first-order chi connectivity index (χ1) is 17.1. The minimum absolute atomic E-state index is 0.0478. The van der Waals surface area contributed by atoms with Crippen molar-refractivity contribution in [2.24, 2.45) is 11.8 Å². The molecule has 2 N–H and O–H groups in total. The van der Waals surface area contributed by atoms with Gasteiger partial charge in [-0.05, 0) is 36.8 Å². The highest BCUT2D eigenvalue weighted by Gasteiger charge is 2.55. The van der Waals surface area contributed by atoms with Gasteiger partial charge in [0.25, 0.3) is 5.56 Å². The molecule has 3 aromatic heterocycles. The van der Waals surface area contributed by atoms with E-state index in [0.29, 0.717) is 25.2 Å². The maximum Gasteiger partial charge on any atom is 0.258 e. The van der Waals surface area contributed by atoms with Crippen molar-refractivity contribution in [3.05, 3.63) is 94.2 Å². The minimum Gasteiger partial charge on any atom is -0.396 e. The molecule has 0 radical (unpaired) electrons. The van der Waals surface area contributed by atoms with Gasteiger partial charge in [0.1, 0.15) is 6.33 Å². The third kappa shape index (κ3) is 4.28. The van der Waals surface area contributed by atoms with Crippen LogP contribution in [0.4, 0.5) is 0 Å². The van der Waals surface area contributed by atoms with Crippen molar-refractivity contribution < 1.29 is 9.90 Å². The van der Waals surface area contributed by atoms with E-state index >= 15 is 0 Å². The number of carbonyl (C=O) groups excluding carboxylic acids is 1. The van der Waals surface area contributed by atoms with Crippen molar-refractivity contribution in [3.63, 3.8) is 0 Å². The van der Waals surface area contributed by atoms with Gasteiger partial charge < -0.3 is 15.0 Å². The summed E-state index contributed by atoms with van der Waals surface area (Å²) < 4.78 is 1.80. The molecule has 0 spiro atoms. The average molecular weight is 473 g/mol. The second-order valence-corrected chi connectivity index (χ2v) is 9.02. The van der Waals surface area contributed by atoms with Crippen molar-refractivity contribution in [1.82, 2.24) is 29.7 Å². The van der Waals surface area contributed by atoms with Crippen molar-refractivity contribution in [2.75, 3.05) is 6.61 Å². The summed E-state index contributed by atoms with van der Waals surface area (Å²) in [6, 6.07) is 6.79. The summed E-state index contributed by atoms with van der Waals surface area (Å²) >= 11 is 0. The van der Waals surface area contributed by atoms with Crippen LogP contribution in [0.1, 0.15) is 35.3 Å². The largest absolute Gasteiger partial charge is 0.396 e. The van der Waals surface area contributed by atoms with E-state index in [1.165, 1.54) is 6.33 Å². The Morgan fingerprint density at radius 3 is 2.63 bits per heavy atom. The van der Waals surface area contributed by atoms with E-state index in [9.17, 15) is 14.7 Å². The summed E-state index contributed by atoms with van der Waals surface area (Å²) in [7, 11) is 0. The van der Waals surface area contributed by atoms with Gasteiger partial charge in [-0.15, -0.1) is 0 Å². The normalized spacial score (nSPS) is 23.4. The zero-order valence-electron chi connectivity index (χ0n) is 19.5. The van der Waals surface area contributed by atoms with Crippen LogP contribution in [0.5, 0.6) is 0 Å². The molecule has 0 aromatic carbocycles. The molecule has 9 heteroatoms. The minimum atomic E-state index is -0.559. The van der Waals surface area contributed by atoms with E-state index in [2.05, 4.69) is 25.2 Å². The molecule has 4 atom stereocenters. The molecule has 0 aliphatic carbocycles. The van der Waals surface area contributed by atoms with Gasteiger partial charge in [0.15, 0.2) is 0 Å². The molecule has 1 saturated heterocycles. The maximum absolute atomic E-state index is 13.5. The van der Waals surface area contributed by atoms with Gasteiger partial charge in [-0.3, -0.25) is 19.5 Å². The molecule has 5 rings (SSSR count). The number of rotatable bonds is 7. The molecule has 2 aliphatic heterocycles. The molecule has 180 valence electrons. The third-order valence-electron chi connectivity index (χ3n) is 7.03. The van der Waals surface area contributed by atoms with E-state index in [1.807, 2.05) is 43.3 Å². The second-order valence-electron chi connectivity index (χ2n) is 9.02. The lowest BCUT2D eigenvalue weighted by Crippen LogP contribution is -2.48. The lowest BCUT2D eigenvalue weighted by atomic mass is 9.88. The Hall–Kier alpha value is -3.69. The van der Waals surface area contributed by atoms with Gasteiger partial charge in [-0.2, -0.15) is 0 Å². The van der Waals surface area contributed by atoms with Crippen molar-refractivity contribution in [2.45, 2.75) is 38.6 Å². The first kappa shape index (κ1) is 23.1. The quantitative estimate of drug-likeness (QED) is 0.536. The number of hydrogen-bond donors (Lipinski definition) is 2. The Labute approximate surface area is 203 Å². The number of aromatic nitrogens is 4. The standard InChI is InChI=1S/C26H28N6O3/c1-2-3-19-4-5-22-23-20(14-31(22)26(19)35)21(15-33)24(32(23)13-18-10-28-16-29-11-18)25(34)30-12-17-6-8-27-9-7-17/h2-11,16,20-21,23-24,33H,12-15H2,1H3,(H,30,34)/b3-2-/t20-,21-,23+,24-/m1/s1. The fourth-order valence-electron chi connectivity index (χ4n) is 5.52. The van der Waals surface area contributed by atoms with E-state index in [0.717, 1.165) is 16.8 Å². The van der Waals surface area contributed by atoms with Crippen LogP contribution >= 0.6 is 0 Å². The first-order valence-electron chi connectivity index (χ1n) is 11.8. The molecule has 1 fully saturated rings. The van der Waals surface area contributed by atoms with Crippen molar-refractivity contribution in [3.8, 4) is 0 Å². The van der Waals surface area contributed by atoms with Crippen LogP contribution < -0.4 is 10.9 Å². The number of hydrogen-bond acceptors (Lipinski definition) is 7. The number of pyridine rings is 2. The molecule has 2 aliphatic rings. The lowest BCUT2D eigenvalue weighted by Gasteiger charge is -2.30. The Kier molecular flexibility index (Phi) is 6.52. The van der Waals surface area contributed by atoms with E-state index in [4.69, 9.17) is 0 Å². The first-order valence-corrected chi connectivity index (χ1v) is 11.8. The Balaban J connectivity index is 1.51. The van der Waals surface area contributed by atoms with Gasteiger partial charge in [0, 0.05) is 79.7 Å². The van der Waals surface area contributed by atoms with Crippen LogP contribution in [-0.2, 0) is 24.4 Å². The summed E-state index contributed by atoms with van der Waals surface area (Å²) in [4.78, 5) is 41.1. The Morgan fingerprint density at radius 2 is 1.91 bits per heavy atom. The molecule has 9 nitrogen and oxygen atoms in total. The van der Waals surface area contributed by atoms with Gasteiger partial charge in [0.05, 0.1) is 12.1 Å².